The van der Waals surface area contributed by atoms with Crippen molar-refractivity contribution in [1.82, 2.24) is 14.8 Å². The Bertz CT molecular complexity index is 234. The lowest BCUT2D eigenvalue weighted by atomic mass is 10.1. The summed E-state index contributed by atoms with van der Waals surface area (Å²) in [5.74, 6) is 2.18. The van der Waals surface area contributed by atoms with Crippen LogP contribution in [-0.2, 0) is 13.0 Å². The third-order valence-electron chi connectivity index (χ3n) is 1.79. The third-order valence-corrected chi connectivity index (χ3v) is 2.32. The monoisotopic (exact) mass is 187 g/mol. The second-order valence-electron chi connectivity index (χ2n) is 2.96. The van der Waals surface area contributed by atoms with E-state index in [0.29, 0.717) is 11.8 Å². The summed E-state index contributed by atoms with van der Waals surface area (Å²) in [6.07, 6.45) is 2.51. The average Bonchev–Trinajstić information content (AvgIpc) is 2.51. The highest BCUT2D eigenvalue weighted by Gasteiger charge is 2.07. The Morgan fingerprint density at radius 1 is 1.67 bits per heavy atom. The van der Waals surface area contributed by atoms with Crippen molar-refractivity contribution in [3.8, 4) is 0 Å². The first-order valence-corrected chi connectivity index (χ1v) is 4.74. The van der Waals surface area contributed by atoms with E-state index in [2.05, 4.69) is 23.9 Å². The molecule has 0 bridgehead atoms. The number of aromatic nitrogens is 3. The van der Waals surface area contributed by atoms with Crippen LogP contribution in [0.1, 0.15) is 19.7 Å². The van der Waals surface area contributed by atoms with Crippen LogP contribution in [0.25, 0.3) is 0 Å². The first kappa shape index (κ1) is 9.52. The molecule has 0 saturated heterocycles. The molecule has 1 rings (SSSR count). The number of alkyl halides is 1. The van der Waals surface area contributed by atoms with Gasteiger partial charge in [-0.05, 0) is 12.8 Å². The Morgan fingerprint density at radius 3 is 3.00 bits per heavy atom. The van der Waals surface area contributed by atoms with Crippen LogP contribution in [0, 0.1) is 5.92 Å². The molecule has 68 valence electrons. The van der Waals surface area contributed by atoms with Gasteiger partial charge in [0.05, 0.1) is 0 Å². The minimum Gasteiger partial charge on any atom is -0.250 e. The molecule has 0 N–H and O–H groups in total. The molecular formula is C8H14ClN3. The van der Waals surface area contributed by atoms with Gasteiger partial charge in [0.1, 0.15) is 12.2 Å². The van der Waals surface area contributed by atoms with Gasteiger partial charge in [0.15, 0.2) is 0 Å². The van der Waals surface area contributed by atoms with Gasteiger partial charge in [0, 0.05) is 18.8 Å². The zero-order chi connectivity index (χ0) is 8.97. The van der Waals surface area contributed by atoms with Crippen molar-refractivity contribution >= 4 is 11.6 Å². The molecule has 0 radical (unpaired) electrons. The second-order valence-corrected chi connectivity index (χ2v) is 3.26. The standard InChI is InChI=1S/C8H14ClN3/c1-3-12-8(10-6-11-12)4-7(2)5-9/h6-7H,3-5H2,1-2H3. The summed E-state index contributed by atoms with van der Waals surface area (Å²) < 4.78 is 1.91. The highest BCUT2D eigenvalue weighted by atomic mass is 35.5. The maximum absolute atomic E-state index is 5.71. The van der Waals surface area contributed by atoms with E-state index in [4.69, 9.17) is 11.6 Å². The molecular weight excluding hydrogens is 174 g/mol. The minimum atomic E-state index is 0.473. The predicted octanol–water partition coefficient (Wildman–Crippen LogP) is 1.72. The zero-order valence-corrected chi connectivity index (χ0v) is 8.25. The molecule has 0 aliphatic heterocycles. The van der Waals surface area contributed by atoms with Crippen molar-refractivity contribution in [2.24, 2.45) is 5.92 Å². The van der Waals surface area contributed by atoms with Gasteiger partial charge >= 0.3 is 0 Å². The topological polar surface area (TPSA) is 30.7 Å². The van der Waals surface area contributed by atoms with Crippen LogP contribution in [0.5, 0.6) is 0 Å². The molecule has 1 unspecified atom stereocenters. The fraction of sp³-hybridized carbons (Fsp3) is 0.750. The lowest BCUT2D eigenvalue weighted by molar-refractivity contribution is 0.556. The van der Waals surface area contributed by atoms with Crippen LogP contribution in [0.4, 0.5) is 0 Å². The van der Waals surface area contributed by atoms with Crippen molar-refractivity contribution in [2.75, 3.05) is 5.88 Å². The van der Waals surface area contributed by atoms with Crippen LogP contribution in [-0.4, -0.2) is 20.6 Å². The van der Waals surface area contributed by atoms with Gasteiger partial charge in [-0.25, -0.2) is 4.98 Å². The Morgan fingerprint density at radius 2 is 2.42 bits per heavy atom. The summed E-state index contributed by atoms with van der Waals surface area (Å²) in [6, 6.07) is 0. The fourth-order valence-corrected chi connectivity index (χ4v) is 1.19. The maximum atomic E-state index is 5.71. The SMILES string of the molecule is CCn1ncnc1CC(C)CCl. The smallest absolute Gasteiger partial charge is 0.138 e. The van der Waals surface area contributed by atoms with Crippen molar-refractivity contribution in [3.63, 3.8) is 0 Å². The molecule has 1 atom stereocenters. The quantitative estimate of drug-likeness (QED) is 0.672. The lowest BCUT2D eigenvalue weighted by Gasteiger charge is -2.06. The van der Waals surface area contributed by atoms with Crippen LogP contribution >= 0.6 is 11.6 Å². The maximum Gasteiger partial charge on any atom is 0.138 e. The summed E-state index contributed by atoms with van der Waals surface area (Å²) in [5.41, 5.74) is 0. The van der Waals surface area contributed by atoms with E-state index < -0.39 is 0 Å². The average molecular weight is 188 g/mol. The summed E-state index contributed by atoms with van der Waals surface area (Å²) >= 11 is 5.71. The number of hydrogen-bond acceptors (Lipinski definition) is 2. The molecule has 0 saturated carbocycles. The van der Waals surface area contributed by atoms with Gasteiger partial charge in [-0.3, -0.25) is 4.68 Å². The number of rotatable bonds is 4. The second kappa shape index (κ2) is 4.45. The first-order valence-electron chi connectivity index (χ1n) is 4.20. The fourth-order valence-electron chi connectivity index (χ4n) is 1.08. The van der Waals surface area contributed by atoms with E-state index in [0.717, 1.165) is 18.8 Å². The Labute approximate surface area is 77.8 Å². The number of hydrogen-bond donors (Lipinski definition) is 0. The third kappa shape index (κ3) is 2.21. The van der Waals surface area contributed by atoms with Crippen LogP contribution in [0.3, 0.4) is 0 Å². The van der Waals surface area contributed by atoms with E-state index in [1.165, 1.54) is 0 Å². The molecule has 3 nitrogen and oxygen atoms in total. The highest BCUT2D eigenvalue weighted by molar-refractivity contribution is 6.18. The summed E-state index contributed by atoms with van der Waals surface area (Å²) in [6.45, 7) is 5.05. The molecule has 1 aromatic rings. The van der Waals surface area contributed by atoms with E-state index in [9.17, 15) is 0 Å². The van der Waals surface area contributed by atoms with Gasteiger partial charge in [0.25, 0.3) is 0 Å². The van der Waals surface area contributed by atoms with E-state index in [1.807, 2.05) is 4.68 Å². The van der Waals surface area contributed by atoms with Crippen molar-refractivity contribution in [2.45, 2.75) is 26.8 Å². The molecule has 0 amide bonds. The van der Waals surface area contributed by atoms with Gasteiger partial charge in [-0.2, -0.15) is 5.10 Å². The first-order chi connectivity index (χ1) is 5.77. The van der Waals surface area contributed by atoms with Gasteiger partial charge in [-0.1, -0.05) is 6.92 Å². The molecule has 1 aromatic heterocycles. The van der Waals surface area contributed by atoms with Crippen molar-refractivity contribution in [3.05, 3.63) is 12.2 Å². The van der Waals surface area contributed by atoms with Crippen molar-refractivity contribution < 1.29 is 0 Å². The van der Waals surface area contributed by atoms with E-state index >= 15 is 0 Å². The number of halogens is 1. The number of aryl methyl sites for hydroxylation is 1. The predicted molar refractivity (Wildman–Crippen MR) is 49.3 cm³/mol. The molecule has 0 fully saturated rings. The molecule has 1 heterocycles. The van der Waals surface area contributed by atoms with E-state index in [1.54, 1.807) is 6.33 Å². The van der Waals surface area contributed by atoms with Gasteiger partial charge < -0.3 is 0 Å². The molecule has 4 heteroatoms. The molecule has 0 aliphatic carbocycles. The molecule has 0 aromatic carbocycles. The Hall–Kier alpha value is -0.570. The van der Waals surface area contributed by atoms with Crippen LogP contribution in [0.15, 0.2) is 6.33 Å². The largest absolute Gasteiger partial charge is 0.250 e. The summed E-state index contributed by atoms with van der Waals surface area (Å²) in [7, 11) is 0. The summed E-state index contributed by atoms with van der Waals surface area (Å²) in [4.78, 5) is 4.17. The minimum absolute atomic E-state index is 0.473. The van der Waals surface area contributed by atoms with E-state index in [-0.39, 0.29) is 0 Å². The summed E-state index contributed by atoms with van der Waals surface area (Å²) in [5, 5.41) is 4.08. The Balaban J connectivity index is 2.61. The van der Waals surface area contributed by atoms with Crippen LogP contribution < -0.4 is 0 Å². The Kier molecular flexibility index (Phi) is 3.53. The molecule has 0 aliphatic rings. The van der Waals surface area contributed by atoms with Crippen LogP contribution in [0.2, 0.25) is 0 Å². The van der Waals surface area contributed by atoms with Gasteiger partial charge in [0.2, 0.25) is 0 Å². The number of nitrogens with zero attached hydrogens (tertiary/aromatic N) is 3. The zero-order valence-electron chi connectivity index (χ0n) is 7.50. The highest BCUT2D eigenvalue weighted by Crippen LogP contribution is 2.06. The normalized spacial score (nSPS) is 13.2. The van der Waals surface area contributed by atoms with Crippen molar-refractivity contribution in [1.29, 1.82) is 0 Å². The van der Waals surface area contributed by atoms with Gasteiger partial charge in [-0.15, -0.1) is 11.6 Å². The molecule has 0 spiro atoms. The lowest BCUT2D eigenvalue weighted by Crippen LogP contribution is -2.09. The molecule has 12 heavy (non-hydrogen) atoms.